The highest BCUT2D eigenvalue weighted by Crippen LogP contribution is 2.48. The van der Waals surface area contributed by atoms with Crippen molar-refractivity contribution in [1.29, 1.82) is 0 Å². The number of cyclic esters (lactones) is 1. The maximum Gasteiger partial charge on any atom is 0.308 e. The Labute approximate surface area is 145 Å². The van der Waals surface area contributed by atoms with Crippen LogP contribution in [0.4, 0.5) is 0 Å². The van der Waals surface area contributed by atoms with Crippen molar-refractivity contribution in [2.24, 2.45) is 17.8 Å². The van der Waals surface area contributed by atoms with Crippen LogP contribution in [0.25, 0.3) is 0 Å². The Morgan fingerprint density at radius 2 is 1.92 bits per heavy atom. The van der Waals surface area contributed by atoms with Gasteiger partial charge in [0.2, 0.25) is 0 Å². The summed E-state index contributed by atoms with van der Waals surface area (Å²) in [5, 5.41) is 49.9. The minimum absolute atomic E-state index is 0.0926. The smallest absolute Gasteiger partial charge is 0.308 e. The van der Waals surface area contributed by atoms with Gasteiger partial charge in [-0.05, 0) is 19.3 Å². The van der Waals surface area contributed by atoms with E-state index in [1.807, 2.05) is 0 Å². The van der Waals surface area contributed by atoms with E-state index in [1.165, 1.54) is 0 Å². The number of aliphatic hydroxyl groups excluding tert-OH is 4. The second-order valence-corrected chi connectivity index (χ2v) is 7.47. The zero-order valence-corrected chi connectivity index (χ0v) is 14.2. The fourth-order valence-corrected chi connectivity index (χ4v) is 4.18. The standard InChI is InChI=1S/C16H26O9/c1-6-7-3-10(16(2,22)8(7)5-23-14(6)21)25-15-13(20)12(19)11(18)9(4-17)24-15/h6-13,15,17-20,22H,3-5H2,1-2H3/t6-,7+,8-,9+,10-,11+,12-,13+,15-,16-/m0/s1. The Morgan fingerprint density at radius 1 is 1.24 bits per heavy atom. The fourth-order valence-electron chi connectivity index (χ4n) is 4.18. The first-order chi connectivity index (χ1) is 11.7. The van der Waals surface area contributed by atoms with Gasteiger partial charge in [0, 0.05) is 5.92 Å². The van der Waals surface area contributed by atoms with E-state index in [0.717, 1.165) is 0 Å². The van der Waals surface area contributed by atoms with E-state index < -0.39 is 49.0 Å². The number of hydrogen-bond acceptors (Lipinski definition) is 9. The molecule has 0 aromatic rings. The SMILES string of the molecule is C[C@@H]1C(=O)OC[C@H]2[C@@H]1C[C@H](O[C@@H]1O[C@H](CO)[C@@H](O)[C@H](O)[C@H]1O)[C@@]2(C)O. The molecule has 10 atom stereocenters. The first-order valence-electron chi connectivity index (χ1n) is 8.53. The highest BCUT2D eigenvalue weighted by Gasteiger charge is 2.58. The zero-order valence-electron chi connectivity index (χ0n) is 14.2. The molecule has 0 bridgehead atoms. The molecular formula is C16H26O9. The molecule has 25 heavy (non-hydrogen) atoms. The van der Waals surface area contributed by atoms with Gasteiger partial charge in [0.05, 0.1) is 30.8 Å². The lowest BCUT2D eigenvalue weighted by Crippen LogP contribution is -2.60. The van der Waals surface area contributed by atoms with Crippen molar-refractivity contribution >= 4 is 5.97 Å². The summed E-state index contributed by atoms with van der Waals surface area (Å²) in [6.45, 7) is 2.86. The predicted octanol–water partition coefficient (Wildman–Crippen LogP) is -2.25. The molecule has 2 heterocycles. The van der Waals surface area contributed by atoms with Gasteiger partial charge in [-0.2, -0.15) is 0 Å². The molecule has 0 unspecified atom stereocenters. The minimum Gasteiger partial charge on any atom is -0.465 e. The first-order valence-corrected chi connectivity index (χ1v) is 8.53. The van der Waals surface area contributed by atoms with Gasteiger partial charge in [0.25, 0.3) is 0 Å². The van der Waals surface area contributed by atoms with Gasteiger partial charge in [-0.25, -0.2) is 0 Å². The molecule has 9 nitrogen and oxygen atoms in total. The molecule has 0 amide bonds. The number of aliphatic hydroxyl groups is 5. The summed E-state index contributed by atoms with van der Waals surface area (Å²) in [6, 6.07) is 0. The molecule has 1 aliphatic carbocycles. The Hall–Kier alpha value is -0.810. The molecule has 144 valence electrons. The maximum atomic E-state index is 11.8. The van der Waals surface area contributed by atoms with Crippen molar-refractivity contribution in [1.82, 2.24) is 0 Å². The molecule has 9 heteroatoms. The van der Waals surface area contributed by atoms with Gasteiger partial charge >= 0.3 is 5.97 Å². The first kappa shape index (κ1) is 19.0. The Bertz CT molecular complexity index is 508. The summed E-state index contributed by atoms with van der Waals surface area (Å²) in [4.78, 5) is 11.8. The average molecular weight is 362 g/mol. The third-order valence-electron chi connectivity index (χ3n) is 5.97. The van der Waals surface area contributed by atoms with Gasteiger partial charge < -0.3 is 39.7 Å². The van der Waals surface area contributed by atoms with Crippen molar-refractivity contribution in [3.05, 3.63) is 0 Å². The summed E-state index contributed by atoms with van der Waals surface area (Å²) < 4.78 is 16.2. The Kier molecular flexibility index (Phi) is 5.11. The molecule has 5 N–H and O–H groups in total. The lowest BCUT2D eigenvalue weighted by Gasteiger charge is -2.42. The quantitative estimate of drug-likeness (QED) is 0.351. The molecule has 0 radical (unpaired) electrons. The third kappa shape index (κ3) is 3.08. The fraction of sp³-hybridized carbons (Fsp3) is 0.938. The van der Waals surface area contributed by atoms with E-state index in [9.17, 15) is 30.3 Å². The number of fused-ring (bicyclic) bond motifs is 1. The normalized spacial score (nSPS) is 53.4. The van der Waals surface area contributed by atoms with Crippen LogP contribution in [-0.2, 0) is 19.0 Å². The summed E-state index contributed by atoms with van der Waals surface area (Å²) in [5.41, 5.74) is -1.32. The molecule has 2 saturated heterocycles. The second-order valence-electron chi connectivity index (χ2n) is 7.47. The highest BCUT2D eigenvalue weighted by molar-refractivity contribution is 5.73. The van der Waals surface area contributed by atoms with Crippen LogP contribution in [0.2, 0.25) is 0 Å². The van der Waals surface area contributed by atoms with Crippen molar-refractivity contribution < 1.29 is 44.5 Å². The summed E-state index contributed by atoms with van der Waals surface area (Å²) in [6.07, 6.45) is -7.36. The molecule has 0 spiro atoms. The van der Waals surface area contributed by atoms with E-state index in [2.05, 4.69) is 0 Å². The maximum absolute atomic E-state index is 11.8. The number of carbonyl (C=O) groups excluding carboxylic acids is 1. The monoisotopic (exact) mass is 362 g/mol. The van der Waals surface area contributed by atoms with Crippen molar-refractivity contribution in [3.8, 4) is 0 Å². The van der Waals surface area contributed by atoms with Gasteiger partial charge in [0.1, 0.15) is 24.4 Å². The molecule has 3 aliphatic rings. The molecule has 3 rings (SSSR count). The van der Waals surface area contributed by atoms with E-state index >= 15 is 0 Å². The van der Waals surface area contributed by atoms with Crippen LogP contribution in [0.1, 0.15) is 20.3 Å². The molecular weight excluding hydrogens is 336 g/mol. The van der Waals surface area contributed by atoms with Crippen LogP contribution in [-0.4, -0.2) is 87.1 Å². The van der Waals surface area contributed by atoms with Crippen molar-refractivity contribution in [2.45, 2.75) is 62.7 Å². The van der Waals surface area contributed by atoms with Gasteiger partial charge in [-0.15, -0.1) is 0 Å². The third-order valence-corrected chi connectivity index (χ3v) is 5.97. The van der Waals surface area contributed by atoms with E-state index in [1.54, 1.807) is 13.8 Å². The average Bonchev–Trinajstić information content (AvgIpc) is 2.82. The minimum atomic E-state index is -1.55. The summed E-state index contributed by atoms with van der Waals surface area (Å²) >= 11 is 0. The number of esters is 1. The lowest BCUT2D eigenvalue weighted by molar-refractivity contribution is -0.321. The van der Waals surface area contributed by atoms with Crippen molar-refractivity contribution in [2.75, 3.05) is 13.2 Å². The molecule has 0 aromatic carbocycles. The van der Waals surface area contributed by atoms with Crippen LogP contribution < -0.4 is 0 Å². The topological polar surface area (TPSA) is 146 Å². The van der Waals surface area contributed by atoms with Crippen LogP contribution >= 0.6 is 0 Å². The molecule has 0 aromatic heterocycles. The van der Waals surface area contributed by atoms with E-state index in [4.69, 9.17) is 14.2 Å². The summed E-state index contributed by atoms with van der Waals surface area (Å²) in [5.74, 6) is -1.14. The Balaban J connectivity index is 1.75. The number of hydrogen-bond donors (Lipinski definition) is 5. The van der Waals surface area contributed by atoms with Crippen LogP contribution in [0.5, 0.6) is 0 Å². The van der Waals surface area contributed by atoms with Crippen LogP contribution in [0.3, 0.4) is 0 Å². The number of carbonyl (C=O) groups is 1. The largest absolute Gasteiger partial charge is 0.465 e. The lowest BCUT2D eigenvalue weighted by atomic mass is 9.79. The second kappa shape index (κ2) is 6.73. The molecule has 2 aliphatic heterocycles. The zero-order chi connectivity index (χ0) is 18.5. The highest BCUT2D eigenvalue weighted by atomic mass is 16.7. The Morgan fingerprint density at radius 3 is 2.56 bits per heavy atom. The summed E-state index contributed by atoms with van der Waals surface area (Å²) in [7, 11) is 0. The van der Waals surface area contributed by atoms with E-state index in [0.29, 0.717) is 6.42 Å². The van der Waals surface area contributed by atoms with Crippen molar-refractivity contribution in [3.63, 3.8) is 0 Å². The molecule has 3 fully saturated rings. The van der Waals surface area contributed by atoms with Crippen LogP contribution in [0, 0.1) is 17.8 Å². The number of ether oxygens (including phenoxy) is 3. The predicted molar refractivity (Wildman–Crippen MR) is 81.0 cm³/mol. The van der Waals surface area contributed by atoms with E-state index in [-0.39, 0.29) is 30.3 Å². The van der Waals surface area contributed by atoms with Gasteiger partial charge in [0.15, 0.2) is 6.29 Å². The molecule has 1 saturated carbocycles. The number of rotatable bonds is 3. The van der Waals surface area contributed by atoms with Gasteiger partial charge in [-0.3, -0.25) is 4.79 Å². The van der Waals surface area contributed by atoms with Crippen LogP contribution in [0.15, 0.2) is 0 Å². The van der Waals surface area contributed by atoms with Gasteiger partial charge in [-0.1, -0.05) is 6.92 Å².